The van der Waals surface area contributed by atoms with Crippen molar-refractivity contribution in [1.82, 2.24) is 14.3 Å². The topological polar surface area (TPSA) is 75.3 Å². The molecule has 0 radical (unpaired) electrons. The smallest absolute Gasteiger partial charge is 0.341 e. The van der Waals surface area contributed by atoms with Crippen molar-refractivity contribution >= 4 is 17.6 Å². The molecule has 0 saturated carbocycles. The monoisotopic (exact) mass is 423 g/mol. The zero-order valence-electron chi connectivity index (χ0n) is 16.3. The minimum absolute atomic E-state index is 0.200. The zero-order valence-corrected chi connectivity index (χ0v) is 17.1. The third kappa shape index (κ3) is 3.55. The molecule has 2 aliphatic rings. The fraction of sp³-hybridized carbons (Fsp3) is 0.136. The number of hydrogen-bond acceptors (Lipinski definition) is 5. The van der Waals surface area contributed by atoms with E-state index in [0.717, 1.165) is 5.56 Å². The first-order valence-electron chi connectivity index (χ1n) is 9.11. The van der Waals surface area contributed by atoms with Crippen molar-refractivity contribution in [3.05, 3.63) is 87.4 Å². The van der Waals surface area contributed by atoms with Crippen molar-refractivity contribution in [3.8, 4) is 22.7 Å². The molecule has 0 fully saturated rings. The lowest BCUT2D eigenvalue weighted by atomic mass is 10.1. The first-order valence-corrected chi connectivity index (χ1v) is 9.48. The van der Waals surface area contributed by atoms with Gasteiger partial charge in [-0.1, -0.05) is 29.8 Å². The summed E-state index contributed by atoms with van der Waals surface area (Å²) < 4.78 is 13.1. The lowest BCUT2D eigenvalue weighted by Crippen LogP contribution is -2.16. The summed E-state index contributed by atoms with van der Waals surface area (Å²) in [4.78, 5) is 25.5. The summed E-state index contributed by atoms with van der Waals surface area (Å²) >= 11 is 6.27. The van der Waals surface area contributed by atoms with E-state index in [4.69, 9.17) is 21.1 Å². The SMILES string of the molecule is COC(=O)c1cn(Cc2ccccc2Cl)cc2c(=O)n(-c3ccc(OC)cc3)nc1-2. The Bertz CT molecular complexity index is 1240. The van der Waals surface area contributed by atoms with E-state index in [1.807, 2.05) is 18.2 Å². The van der Waals surface area contributed by atoms with Crippen molar-refractivity contribution in [3.63, 3.8) is 0 Å². The van der Waals surface area contributed by atoms with Gasteiger partial charge in [0.25, 0.3) is 5.56 Å². The summed E-state index contributed by atoms with van der Waals surface area (Å²) in [5, 5.41) is 4.99. The van der Waals surface area contributed by atoms with Crippen LogP contribution in [0.1, 0.15) is 15.9 Å². The maximum absolute atomic E-state index is 13.1. The molecule has 8 heteroatoms. The van der Waals surface area contributed by atoms with Crippen molar-refractivity contribution in [1.29, 1.82) is 0 Å². The van der Waals surface area contributed by atoms with E-state index in [0.29, 0.717) is 28.6 Å². The third-order valence-corrected chi connectivity index (χ3v) is 5.12. The molecule has 0 saturated heterocycles. The second-order valence-corrected chi connectivity index (χ2v) is 7.01. The highest BCUT2D eigenvalue weighted by Crippen LogP contribution is 2.25. The molecule has 0 aromatic heterocycles. The van der Waals surface area contributed by atoms with Gasteiger partial charge >= 0.3 is 5.97 Å². The molecule has 0 amide bonds. The van der Waals surface area contributed by atoms with Gasteiger partial charge in [-0.05, 0) is 35.9 Å². The molecule has 7 nitrogen and oxygen atoms in total. The van der Waals surface area contributed by atoms with Crippen LogP contribution in [0.3, 0.4) is 0 Å². The van der Waals surface area contributed by atoms with Crippen LogP contribution in [0.25, 0.3) is 16.9 Å². The first-order chi connectivity index (χ1) is 14.5. The number of aromatic nitrogens is 3. The van der Waals surface area contributed by atoms with E-state index < -0.39 is 5.97 Å². The molecule has 0 unspecified atom stereocenters. The molecule has 0 N–H and O–H groups in total. The quantitative estimate of drug-likeness (QED) is 0.458. The maximum Gasteiger partial charge on any atom is 0.341 e. The molecule has 2 aromatic rings. The van der Waals surface area contributed by atoms with Crippen LogP contribution >= 0.6 is 11.6 Å². The predicted octanol–water partition coefficient (Wildman–Crippen LogP) is 3.64. The minimum atomic E-state index is -0.576. The molecule has 0 spiro atoms. The molecule has 4 rings (SSSR count). The van der Waals surface area contributed by atoms with Crippen molar-refractivity contribution in [2.45, 2.75) is 6.54 Å². The number of fused-ring (bicyclic) bond motifs is 1. The van der Waals surface area contributed by atoms with E-state index >= 15 is 0 Å². The number of nitrogens with zero attached hydrogens (tertiary/aromatic N) is 3. The second-order valence-electron chi connectivity index (χ2n) is 6.60. The van der Waals surface area contributed by atoms with Gasteiger partial charge in [0.1, 0.15) is 17.0 Å². The van der Waals surface area contributed by atoms with E-state index in [9.17, 15) is 9.59 Å². The van der Waals surface area contributed by atoms with E-state index in [1.54, 1.807) is 54.4 Å². The summed E-state index contributed by atoms with van der Waals surface area (Å²) in [6, 6.07) is 14.3. The van der Waals surface area contributed by atoms with Crippen LogP contribution in [0.15, 0.2) is 65.7 Å². The number of carbonyl (C=O) groups is 1. The average Bonchev–Trinajstić information content (AvgIpc) is 3.11. The Morgan fingerprint density at radius 3 is 2.47 bits per heavy atom. The first kappa shape index (κ1) is 19.7. The lowest BCUT2D eigenvalue weighted by Gasteiger charge is -2.12. The number of ether oxygens (including phenoxy) is 2. The van der Waals surface area contributed by atoms with Crippen molar-refractivity contribution < 1.29 is 14.3 Å². The fourth-order valence-corrected chi connectivity index (χ4v) is 3.43. The Hall–Kier alpha value is -3.58. The molecule has 30 heavy (non-hydrogen) atoms. The van der Waals surface area contributed by atoms with Crippen molar-refractivity contribution in [2.75, 3.05) is 14.2 Å². The number of pyridine rings is 1. The van der Waals surface area contributed by atoms with Crippen LogP contribution in [0, 0.1) is 0 Å². The maximum atomic E-state index is 13.1. The number of esters is 1. The Labute approximate surface area is 177 Å². The molecule has 0 aliphatic carbocycles. The van der Waals surface area contributed by atoms with Gasteiger partial charge in [-0.3, -0.25) is 4.79 Å². The van der Waals surface area contributed by atoms with E-state index in [1.165, 1.54) is 11.8 Å². The van der Waals surface area contributed by atoms with Gasteiger partial charge in [-0.15, -0.1) is 0 Å². The molecule has 2 aromatic carbocycles. The molecular formula is C22H18ClN3O4. The van der Waals surface area contributed by atoms with Crippen LogP contribution in [0.4, 0.5) is 0 Å². The van der Waals surface area contributed by atoms with Crippen LogP contribution in [0.2, 0.25) is 5.02 Å². The Balaban J connectivity index is 1.87. The zero-order chi connectivity index (χ0) is 21.3. The molecule has 152 valence electrons. The fourth-order valence-electron chi connectivity index (χ4n) is 3.23. The molecule has 2 heterocycles. The largest absolute Gasteiger partial charge is 0.497 e. The van der Waals surface area contributed by atoms with Gasteiger partial charge in [-0.2, -0.15) is 9.78 Å². The van der Waals surface area contributed by atoms with Crippen LogP contribution in [-0.2, 0) is 11.3 Å². The normalized spacial score (nSPS) is 10.9. The van der Waals surface area contributed by atoms with E-state index in [2.05, 4.69) is 5.10 Å². The number of rotatable bonds is 5. The van der Waals surface area contributed by atoms with Crippen LogP contribution in [-0.4, -0.2) is 34.5 Å². The summed E-state index contributed by atoms with van der Waals surface area (Å²) in [6.07, 6.45) is 3.28. The highest BCUT2D eigenvalue weighted by molar-refractivity contribution is 6.31. The third-order valence-electron chi connectivity index (χ3n) is 4.76. The molecule has 0 atom stereocenters. The number of hydrogen-bond donors (Lipinski definition) is 0. The second kappa shape index (κ2) is 8.04. The summed E-state index contributed by atoms with van der Waals surface area (Å²) in [5.74, 6) is 0.0867. The van der Waals surface area contributed by atoms with Crippen molar-refractivity contribution in [2.24, 2.45) is 0 Å². The van der Waals surface area contributed by atoms with Gasteiger partial charge in [0.15, 0.2) is 0 Å². The standard InChI is InChI=1S/C22H18ClN3O4/c1-29-16-9-7-15(8-10-16)26-21(27)17-12-25(11-14-5-3-4-6-19(14)23)13-18(20(17)24-26)22(28)30-2/h3-10,12-13H,11H2,1-2H3. The molecule has 0 bridgehead atoms. The Morgan fingerprint density at radius 1 is 1.07 bits per heavy atom. The van der Waals surface area contributed by atoms with Gasteiger partial charge in [0.05, 0.1) is 25.5 Å². The lowest BCUT2D eigenvalue weighted by molar-refractivity contribution is 0.0600. The average molecular weight is 424 g/mol. The Kier molecular flexibility index (Phi) is 5.29. The highest BCUT2D eigenvalue weighted by atomic mass is 35.5. The molecule has 2 aliphatic heterocycles. The van der Waals surface area contributed by atoms with E-state index in [-0.39, 0.29) is 16.8 Å². The molecular weight excluding hydrogens is 406 g/mol. The number of halogens is 1. The number of carbonyl (C=O) groups excluding carboxylic acids is 1. The van der Waals surface area contributed by atoms with Gasteiger partial charge in [0, 0.05) is 24.0 Å². The minimum Gasteiger partial charge on any atom is -0.497 e. The highest BCUT2D eigenvalue weighted by Gasteiger charge is 2.25. The summed E-state index contributed by atoms with van der Waals surface area (Å²) in [6.45, 7) is 0.382. The van der Waals surface area contributed by atoms with Gasteiger partial charge < -0.3 is 14.0 Å². The number of methoxy groups -OCH3 is 2. The summed E-state index contributed by atoms with van der Waals surface area (Å²) in [7, 11) is 2.86. The number of benzene rings is 2. The van der Waals surface area contributed by atoms with Crippen LogP contribution < -0.4 is 10.3 Å². The summed E-state index contributed by atoms with van der Waals surface area (Å²) in [5.41, 5.74) is 1.86. The van der Waals surface area contributed by atoms with Gasteiger partial charge in [0.2, 0.25) is 0 Å². The Morgan fingerprint density at radius 2 is 1.80 bits per heavy atom. The predicted molar refractivity (Wildman–Crippen MR) is 113 cm³/mol. The van der Waals surface area contributed by atoms with Crippen LogP contribution in [0.5, 0.6) is 5.75 Å². The van der Waals surface area contributed by atoms with Gasteiger partial charge in [-0.25, -0.2) is 4.79 Å².